The zero-order chi connectivity index (χ0) is 12.1. The van der Waals surface area contributed by atoms with Crippen molar-refractivity contribution in [3.8, 4) is 11.5 Å². The van der Waals surface area contributed by atoms with Gasteiger partial charge in [-0.2, -0.15) is 4.98 Å². The molecule has 0 atom stereocenters. The second kappa shape index (κ2) is 5.45. The predicted octanol–water partition coefficient (Wildman–Crippen LogP) is 1.71. The van der Waals surface area contributed by atoms with Gasteiger partial charge >= 0.3 is 0 Å². The van der Waals surface area contributed by atoms with E-state index in [9.17, 15) is 0 Å². The van der Waals surface area contributed by atoms with Gasteiger partial charge in [-0.15, -0.1) is 0 Å². The highest BCUT2D eigenvalue weighted by Gasteiger charge is 2.07. The van der Waals surface area contributed by atoms with Gasteiger partial charge < -0.3 is 14.7 Å². The van der Waals surface area contributed by atoms with Crippen LogP contribution in [0.1, 0.15) is 0 Å². The van der Waals surface area contributed by atoms with Crippen molar-refractivity contribution in [1.82, 2.24) is 15.0 Å². The van der Waals surface area contributed by atoms with E-state index in [1.807, 2.05) is 44.4 Å². The fourth-order valence-electron chi connectivity index (χ4n) is 1.38. The Morgan fingerprint density at radius 1 is 1.24 bits per heavy atom. The van der Waals surface area contributed by atoms with Crippen LogP contribution >= 0.6 is 0 Å². The van der Waals surface area contributed by atoms with Gasteiger partial charge in [0.05, 0.1) is 0 Å². The van der Waals surface area contributed by atoms with Crippen LogP contribution in [0.25, 0.3) is 11.5 Å². The van der Waals surface area contributed by atoms with Gasteiger partial charge in [0, 0.05) is 18.7 Å². The van der Waals surface area contributed by atoms with Crippen molar-refractivity contribution in [2.75, 3.05) is 32.5 Å². The second-order valence-corrected chi connectivity index (χ2v) is 4.02. The van der Waals surface area contributed by atoms with Crippen LogP contribution < -0.4 is 5.32 Å². The van der Waals surface area contributed by atoms with E-state index in [-0.39, 0.29) is 0 Å². The minimum Gasteiger partial charge on any atom is -0.350 e. The summed E-state index contributed by atoms with van der Waals surface area (Å²) >= 11 is 0. The summed E-state index contributed by atoms with van der Waals surface area (Å²) in [6.07, 6.45) is 0. The normalized spacial score (nSPS) is 10.8. The summed E-state index contributed by atoms with van der Waals surface area (Å²) in [5.41, 5.74) is 0.931. The van der Waals surface area contributed by atoms with Gasteiger partial charge in [0.1, 0.15) is 0 Å². The lowest BCUT2D eigenvalue weighted by Gasteiger charge is -2.08. The van der Waals surface area contributed by atoms with E-state index in [1.54, 1.807) is 0 Å². The Labute approximate surface area is 100 Å². The van der Waals surface area contributed by atoms with E-state index < -0.39 is 0 Å². The number of likely N-dealkylation sites (N-methyl/N-ethyl adjacent to an activating group) is 1. The first-order chi connectivity index (χ1) is 8.25. The summed E-state index contributed by atoms with van der Waals surface area (Å²) in [5.74, 6) is 1.07. The number of aromatic nitrogens is 2. The molecule has 90 valence electrons. The van der Waals surface area contributed by atoms with Crippen molar-refractivity contribution >= 4 is 5.95 Å². The molecule has 5 heteroatoms. The summed E-state index contributed by atoms with van der Waals surface area (Å²) in [6, 6.07) is 9.72. The van der Waals surface area contributed by atoms with E-state index in [0.29, 0.717) is 11.8 Å². The number of hydrogen-bond acceptors (Lipinski definition) is 5. The molecule has 0 unspecified atom stereocenters. The van der Waals surface area contributed by atoms with Crippen LogP contribution in [0.3, 0.4) is 0 Å². The molecule has 1 N–H and O–H groups in total. The van der Waals surface area contributed by atoms with Crippen molar-refractivity contribution in [2.24, 2.45) is 0 Å². The van der Waals surface area contributed by atoms with Crippen molar-refractivity contribution in [3.05, 3.63) is 30.3 Å². The summed E-state index contributed by atoms with van der Waals surface area (Å²) in [7, 11) is 4.04. The zero-order valence-corrected chi connectivity index (χ0v) is 10.1. The molecule has 0 aliphatic carbocycles. The Kier molecular flexibility index (Phi) is 3.72. The van der Waals surface area contributed by atoms with Crippen LogP contribution in [0, 0.1) is 0 Å². The van der Waals surface area contributed by atoms with Gasteiger partial charge in [0.15, 0.2) is 0 Å². The third kappa shape index (κ3) is 3.29. The summed E-state index contributed by atoms with van der Waals surface area (Å²) in [5, 5.41) is 6.98. The average Bonchev–Trinajstić information content (AvgIpc) is 2.78. The van der Waals surface area contributed by atoms with Crippen molar-refractivity contribution in [2.45, 2.75) is 0 Å². The molecule has 0 aliphatic rings. The minimum absolute atomic E-state index is 0.533. The molecule has 0 fully saturated rings. The molecule has 0 amide bonds. The monoisotopic (exact) mass is 232 g/mol. The quantitative estimate of drug-likeness (QED) is 0.850. The molecule has 5 nitrogen and oxygen atoms in total. The summed E-state index contributed by atoms with van der Waals surface area (Å²) in [6.45, 7) is 1.72. The van der Waals surface area contributed by atoms with Gasteiger partial charge in [-0.1, -0.05) is 18.2 Å². The highest BCUT2D eigenvalue weighted by atomic mass is 16.5. The number of nitrogens with zero attached hydrogens (tertiary/aromatic N) is 3. The molecule has 1 aromatic carbocycles. The molecule has 1 heterocycles. The Morgan fingerprint density at radius 2 is 2.00 bits per heavy atom. The highest BCUT2D eigenvalue weighted by molar-refractivity contribution is 5.53. The van der Waals surface area contributed by atoms with E-state index in [4.69, 9.17) is 4.52 Å². The molecule has 2 rings (SSSR count). The smallest absolute Gasteiger partial charge is 0.263 e. The largest absolute Gasteiger partial charge is 0.350 e. The van der Waals surface area contributed by atoms with Crippen molar-refractivity contribution in [1.29, 1.82) is 0 Å². The molecule has 0 radical (unpaired) electrons. The molecule has 0 aliphatic heterocycles. The Hall–Kier alpha value is -1.88. The van der Waals surface area contributed by atoms with Gasteiger partial charge in [-0.3, -0.25) is 0 Å². The maximum absolute atomic E-state index is 5.17. The number of anilines is 1. The Bertz CT molecular complexity index is 453. The SMILES string of the molecule is CN(C)CCNc1noc(-c2ccccc2)n1. The number of hydrogen-bond donors (Lipinski definition) is 1. The third-order valence-corrected chi connectivity index (χ3v) is 2.29. The van der Waals surface area contributed by atoms with Gasteiger partial charge in [0.2, 0.25) is 0 Å². The lowest BCUT2D eigenvalue weighted by atomic mass is 10.2. The molecule has 17 heavy (non-hydrogen) atoms. The second-order valence-electron chi connectivity index (χ2n) is 4.02. The van der Waals surface area contributed by atoms with Crippen molar-refractivity contribution in [3.63, 3.8) is 0 Å². The van der Waals surface area contributed by atoms with E-state index in [1.165, 1.54) is 0 Å². The highest BCUT2D eigenvalue weighted by Crippen LogP contribution is 2.17. The van der Waals surface area contributed by atoms with Crippen LogP contribution in [-0.4, -0.2) is 42.2 Å². The Morgan fingerprint density at radius 3 is 2.71 bits per heavy atom. The predicted molar refractivity (Wildman–Crippen MR) is 66.8 cm³/mol. The van der Waals surface area contributed by atoms with Crippen LogP contribution in [-0.2, 0) is 0 Å². The standard InChI is InChI=1S/C12H16N4O/c1-16(2)9-8-13-12-14-11(17-15-12)10-6-4-3-5-7-10/h3-7H,8-9H2,1-2H3,(H,13,15). The van der Waals surface area contributed by atoms with Crippen LogP contribution in [0.2, 0.25) is 0 Å². The molecule has 0 saturated carbocycles. The molecular weight excluding hydrogens is 216 g/mol. The van der Waals surface area contributed by atoms with Gasteiger partial charge in [-0.25, -0.2) is 0 Å². The summed E-state index contributed by atoms with van der Waals surface area (Å²) in [4.78, 5) is 6.36. The first kappa shape index (κ1) is 11.6. The van der Waals surface area contributed by atoms with Crippen LogP contribution in [0.5, 0.6) is 0 Å². The zero-order valence-electron chi connectivity index (χ0n) is 10.1. The van der Waals surface area contributed by atoms with Crippen molar-refractivity contribution < 1.29 is 4.52 Å². The molecule has 0 bridgehead atoms. The lowest BCUT2D eigenvalue weighted by molar-refractivity contribution is 0.420. The molecule has 1 aromatic heterocycles. The lowest BCUT2D eigenvalue weighted by Crippen LogP contribution is -2.21. The van der Waals surface area contributed by atoms with E-state index >= 15 is 0 Å². The minimum atomic E-state index is 0.533. The van der Waals surface area contributed by atoms with E-state index in [2.05, 4.69) is 20.4 Å². The number of rotatable bonds is 5. The fraction of sp³-hybridized carbons (Fsp3) is 0.333. The van der Waals surface area contributed by atoms with Gasteiger partial charge in [0.25, 0.3) is 11.8 Å². The molecule has 2 aromatic rings. The number of benzene rings is 1. The molecule has 0 saturated heterocycles. The van der Waals surface area contributed by atoms with Gasteiger partial charge in [-0.05, 0) is 31.4 Å². The maximum Gasteiger partial charge on any atom is 0.263 e. The Balaban J connectivity index is 1.97. The number of nitrogens with one attached hydrogen (secondary N) is 1. The molecular formula is C12H16N4O. The molecule has 0 spiro atoms. The topological polar surface area (TPSA) is 54.2 Å². The third-order valence-electron chi connectivity index (χ3n) is 2.29. The average molecular weight is 232 g/mol. The van der Waals surface area contributed by atoms with Crippen LogP contribution in [0.4, 0.5) is 5.95 Å². The maximum atomic E-state index is 5.17. The first-order valence-electron chi connectivity index (χ1n) is 5.53. The summed E-state index contributed by atoms with van der Waals surface area (Å²) < 4.78 is 5.17. The van der Waals surface area contributed by atoms with Crippen LogP contribution in [0.15, 0.2) is 34.9 Å². The van der Waals surface area contributed by atoms with E-state index in [0.717, 1.165) is 18.7 Å². The first-order valence-corrected chi connectivity index (χ1v) is 5.53. The fourth-order valence-corrected chi connectivity index (χ4v) is 1.38.